The minimum Gasteiger partial charge on any atom is -0.399 e. The smallest absolute Gasteiger partial charge is 0.399 e. The maximum atomic E-state index is 12.6. The van der Waals surface area contributed by atoms with Gasteiger partial charge in [-0.15, -0.1) is 0 Å². The highest BCUT2D eigenvalue weighted by atomic mass is 35.5. The van der Waals surface area contributed by atoms with Crippen LogP contribution >= 0.6 is 11.6 Å². The number of pyridine rings is 1. The molecule has 1 aromatic carbocycles. The summed E-state index contributed by atoms with van der Waals surface area (Å²) in [5.74, 6) is -0.162. The van der Waals surface area contributed by atoms with Crippen molar-refractivity contribution in [3.63, 3.8) is 0 Å². The van der Waals surface area contributed by atoms with E-state index in [0.717, 1.165) is 5.46 Å². The van der Waals surface area contributed by atoms with Crippen LogP contribution in [0.1, 0.15) is 43.7 Å². The zero-order valence-corrected chi connectivity index (χ0v) is 14.9. The third-order valence-electron chi connectivity index (χ3n) is 4.63. The second-order valence-electron chi connectivity index (χ2n) is 6.90. The topological polar surface area (TPSA) is 48.4 Å². The van der Waals surface area contributed by atoms with Crippen molar-refractivity contribution in [2.45, 2.75) is 38.9 Å². The zero-order valence-electron chi connectivity index (χ0n) is 14.2. The predicted molar refractivity (Wildman–Crippen MR) is 94.8 cm³/mol. The Kier molecular flexibility index (Phi) is 4.28. The van der Waals surface area contributed by atoms with Crippen LogP contribution in [0, 0.1) is 0 Å². The lowest BCUT2D eigenvalue weighted by atomic mass is 9.78. The molecule has 1 aromatic heterocycles. The fraction of sp³-hybridized carbons (Fsp3) is 0.333. The van der Waals surface area contributed by atoms with E-state index in [4.69, 9.17) is 20.9 Å². The van der Waals surface area contributed by atoms with Gasteiger partial charge in [0.1, 0.15) is 5.69 Å². The number of ketones is 1. The molecule has 1 saturated heterocycles. The Morgan fingerprint density at radius 2 is 1.75 bits per heavy atom. The number of halogens is 1. The van der Waals surface area contributed by atoms with Gasteiger partial charge < -0.3 is 9.31 Å². The minimum absolute atomic E-state index is 0.162. The fourth-order valence-corrected chi connectivity index (χ4v) is 2.58. The number of hydrogen-bond acceptors (Lipinski definition) is 4. The molecule has 0 bridgehead atoms. The van der Waals surface area contributed by atoms with Gasteiger partial charge in [0.2, 0.25) is 5.78 Å². The zero-order chi connectivity index (χ0) is 17.5. The third-order valence-corrected chi connectivity index (χ3v) is 4.86. The summed E-state index contributed by atoms with van der Waals surface area (Å²) in [5, 5.41) is 0.498. The second-order valence-corrected chi connectivity index (χ2v) is 7.34. The molecule has 6 heteroatoms. The highest BCUT2D eigenvalue weighted by Gasteiger charge is 2.51. The van der Waals surface area contributed by atoms with Gasteiger partial charge in [-0.05, 0) is 45.3 Å². The van der Waals surface area contributed by atoms with Crippen molar-refractivity contribution in [2.75, 3.05) is 0 Å². The molecule has 1 aliphatic heterocycles. The third kappa shape index (κ3) is 3.12. The molecule has 2 heterocycles. The van der Waals surface area contributed by atoms with Crippen LogP contribution in [-0.2, 0) is 9.31 Å². The van der Waals surface area contributed by atoms with E-state index >= 15 is 0 Å². The Bertz CT molecular complexity index is 758. The SMILES string of the molecule is CC1(C)OB(c2cccc(C(=O)c3ccc(Cl)cn3)c2)OC1(C)C. The Morgan fingerprint density at radius 1 is 1.08 bits per heavy atom. The molecule has 0 aliphatic carbocycles. The molecular weight excluding hydrogens is 324 g/mol. The first-order chi connectivity index (χ1) is 11.2. The van der Waals surface area contributed by atoms with E-state index in [1.165, 1.54) is 6.20 Å². The molecule has 1 fully saturated rings. The fourth-order valence-electron chi connectivity index (χ4n) is 2.46. The van der Waals surface area contributed by atoms with Crippen molar-refractivity contribution in [1.82, 2.24) is 4.98 Å². The van der Waals surface area contributed by atoms with Gasteiger partial charge >= 0.3 is 7.12 Å². The van der Waals surface area contributed by atoms with Gasteiger partial charge in [0.15, 0.2) is 0 Å². The quantitative estimate of drug-likeness (QED) is 0.634. The number of rotatable bonds is 3. The molecule has 0 N–H and O–H groups in total. The molecule has 0 unspecified atom stereocenters. The van der Waals surface area contributed by atoms with Crippen LogP contribution < -0.4 is 5.46 Å². The molecule has 0 spiro atoms. The van der Waals surface area contributed by atoms with E-state index in [-0.39, 0.29) is 5.78 Å². The Balaban J connectivity index is 1.88. The molecule has 124 valence electrons. The molecule has 0 atom stereocenters. The normalized spacial score (nSPS) is 18.6. The molecule has 1 aliphatic rings. The van der Waals surface area contributed by atoms with Gasteiger partial charge in [0.05, 0.1) is 16.2 Å². The number of aromatic nitrogens is 1. The summed E-state index contributed by atoms with van der Waals surface area (Å²) >= 11 is 5.82. The van der Waals surface area contributed by atoms with E-state index in [1.807, 2.05) is 39.8 Å². The predicted octanol–water partition coefficient (Wildman–Crippen LogP) is 3.27. The molecule has 4 nitrogen and oxygen atoms in total. The molecule has 0 saturated carbocycles. The molecular formula is C18H19BClNO3. The Labute approximate surface area is 147 Å². The van der Waals surface area contributed by atoms with Crippen molar-refractivity contribution in [3.05, 3.63) is 58.9 Å². The average molecular weight is 344 g/mol. The van der Waals surface area contributed by atoms with Crippen molar-refractivity contribution in [2.24, 2.45) is 0 Å². The van der Waals surface area contributed by atoms with Gasteiger partial charge in [0, 0.05) is 11.8 Å². The highest BCUT2D eigenvalue weighted by molar-refractivity contribution is 6.62. The molecule has 24 heavy (non-hydrogen) atoms. The minimum atomic E-state index is -0.499. The van der Waals surface area contributed by atoms with Crippen LogP contribution in [0.2, 0.25) is 5.02 Å². The summed E-state index contributed by atoms with van der Waals surface area (Å²) in [6.45, 7) is 8.00. The Morgan fingerprint density at radius 3 is 2.33 bits per heavy atom. The summed E-state index contributed by atoms with van der Waals surface area (Å²) < 4.78 is 12.1. The lowest BCUT2D eigenvalue weighted by Crippen LogP contribution is -2.41. The molecule has 0 amide bonds. The summed E-state index contributed by atoms with van der Waals surface area (Å²) in [4.78, 5) is 16.7. The van der Waals surface area contributed by atoms with Crippen molar-refractivity contribution < 1.29 is 14.1 Å². The van der Waals surface area contributed by atoms with Crippen LogP contribution in [0.15, 0.2) is 42.6 Å². The van der Waals surface area contributed by atoms with E-state index in [9.17, 15) is 4.79 Å². The number of carbonyl (C=O) groups excluding carboxylic acids is 1. The standard InChI is InChI=1S/C18H19BClNO3/c1-17(2)18(3,4)24-19(23-17)13-7-5-6-12(10-13)16(22)15-9-8-14(20)11-21-15/h5-11H,1-4H3. The molecule has 0 radical (unpaired) electrons. The summed E-state index contributed by atoms with van der Waals surface area (Å²) in [7, 11) is -0.499. The van der Waals surface area contributed by atoms with Crippen LogP contribution in [0.5, 0.6) is 0 Å². The number of benzene rings is 1. The Hall–Kier alpha value is -1.69. The first kappa shape index (κ1) is 17.1. The summed E-state index contributed by atoms with van der Waals surface area (Å²) in [6.07, 6.45) is 1.47. The van der Waals surface area contributed by atoms with Gasteiger partial charge in [0.25, 0.3) is 0 Å². The van der Waals surface area contributed by atoms with E-state index in [2.05, 4.69) is 4.98 Å². The molecule has 3 rings (SSSR count). The number of carbonyl (C=O) groups is 1. The molecule has 2 aromatic rings. The van der Waals surface area contributed by atoms with Gasteiger partial charge in [-0.3, -0.25) is 9.78 Å². The van der Waals surface area contributed by atoms with Gasteiger partial charge in [-0.2, -0.15) is 0 Å². The summed E-state index contributed by atoms with van der Waals surface area (Å²) in [6, 6.07) is 10.5. The van der Waals surface area contributed by atoms with Crippen LogP contribution in [-0.4, -0.2) is 29.1 Å². The van der Waals surface area contributed by atoms with Crippen LogP contribution in [0.3, 0.4) is 0 Å². The van der Waals surface area contributed by atoms with Gasteiger partial charge in [-0.1, -0.05) is 35.9 Å². The van der Waals surface area contributed by atoms with E-state index < -0.39 is 18.3 Å². The maximum absolute atomic E-state index is 12.6. The first-order valence-corrected chi connectivity index (χ1v) is 8.19. The van der Waals surface area contributed by atoms with Crippen molar-refractivity contribution in [3.8, 4) is 0 Å². The van der Waals surface area contributed by atoms with Gasteiger partial charge in [-0.25, -0.2) is 0 Å². The first-order valence-electron chi connectivity index (χ1n) is 7.81. The van der Waals surface area contributed by atoms with Crippen LogP contribution in [0.25, 0.3) is 0 Å². The van der Waals surface area contributed by atoms with E-state index in [0.29, 0.717) is 16.3 Å². The summed E-state index contributed by atoms with van der Waals surface area (Å²) in [5.41, 5.74) is 0.862. The number of nitrogens with zero attached hydrogens (tertiary/aromatic N) is 1. The van der Waals surface area contributed by atoms with Crippen LogP contribution in [0.4, 0.5) is 0 Å². The largest absolute Gasteiger partial charge is 0.494 e. The van der Waals surface area contributed by atoms with E-state index in [1.54, 1.807) is 24.3 Å². The average Bonchev–Trinajstić information content (AvgIpc) is 2.76. The lowest BCUT2D eigenvalue weighted by molar-refractivity contribution is 0.00578. The van der Waals surface area contributed by atoms with Crippen molar-refractivity contribution >= 4 is 30.0 Å². The monoisotopic (exact) mass is 343 g/mol. The lowest BCUT2D eigenvalue weighted by Gasteiger charge is -2.32. The second kappa shape index (κ2) is 5.99. The highest BCUT2D eigenvalue weighted by Crippen LogP contribution is 2.36. The number of hydrogen-bond donors (Lipinski definition) is 0. The van der Waals surface area contributed by atoms with Crippen molar-refractivity contribution in [1.29, 1.82) is 0 Å². The maximum Gasteiger partial charge on any atom is 0.494 e.